The van der Waals surface area contributed by atoms with Gasteiger partial charge < -0.3 is 4.52 Å². The van der Waals surface area contributed by atoms with Crippen molar-refractivity contribution >= 4 is 0 Å². The lowest BCUT2D eigenvalue weighted by atomic mass is 9.96. The van der Waals surface area contributed by atoms with Crippen LogP contribution in [0, 0.1) is 6.92 Å². The van der Waals surface area contributed by atoms with Gasteiger partial charge in [-0.2, -0.15) is 4.98 Å². The summed E-state index contributed by atoms with van der Waals surface area (Å²) < 4.78 is 12.0. The van der Waals surface area contributed by atoms with Crippen LogP contribution in [-0.2, 0) is 24.8 Å². The lowest BCUT2D eigenvalue weighted by Crippen LogP contribution is -2.30. The SMILES string of the molecule is CCCCc1nc(C)c(Cc2nc(C(C)(C)C)no2)c(=O)n1Cc1ccc(-c2ccccc2-c2noc(=O)[nH]2)cc1. The summed E-state index contributed by atoms with van der Waals surface area (Å²) in [6, 6.07) is 15.6. The van der Waals surface area contributed by atoms with E-state index in [2.05, 4.69) is 27.2 Å². The second kappa shape index (κ2) is 11.5. The molecule has 3 heterocycles. The zero-order valence-electron chi connectivity index (χ0n) is 24.0. The molecule has 0 spiro atoms. The minimum absolute atomic E-state index is 0.0940. The number of nitrogens with zero attached hydrogens (tertiary/aromatic N) is 5. The van der Waals surface area contributed by atoms with E-state index < -0.39 is 5.76 Å². The maximum atomic E-state index is 13.9. The lowest BCUT2D eigenvalue weighted by molar-refractivity contribution is 0.367. The van der Waals surface area contributed by atoms with Gasteiger partial charge in [-0.25, -0.2) is 9.78 Å². The van der Waals surface area contributed by atoms with Gasteiger partial charge in [-0.15, -0.1) is 0 Å². The monoisotopic (exact) mass is 554 g/mol. The van der Waals surface area contributed by atoms with Crippen LogP contribution in [0.3, 0.4) is 0 Å². The molecule has 0 aliphatic heterocycles. The smallest absolute Gasteiger partial charge is 0.339 e. The van der Waals surface area contributed by atoms with Crippen molar-refractivity contribution in [2.24, 2.45) is 0 Å². The fourth-order valence-electron chi connectivity index (χ4n) is 4.69. The first kappa shape index (κ1) is 27.9. The number of rotatable bonds is 9. The minimum Gasteiger partial charge on any atom is -0.339 e. The number of benzene rings is 2. The molecule has 3 aromatic heterocycles. The van der Waals surface area contributed by atoms with Crippen LogP contribution < -0.4 is 11.3 Å². The third-order valence-corrected chi connectivity index (χ3v) is 7.00. The Labute approximate surface area is 237 Å². The van der Waals surface area contributed by atoms with Crippen molar-refractivity contribution in [3.63, 3.8) is 0 Å². The van der Waals surface area contributed by atoms with Gasteiger partial charge in [0.15, 0.2) is 11.6 Å². The van der Waals surface area contributed by atoms with E-state index in [1.165, 1.54) is 0 Å². The Morgan fingerprint density at radius 3 is 2.29 bits per heavy atom. The number of aromatic nitrogens is 6. The second-order valence-corrected chi connectivity index (χ2v) is 11.2. The first-order chi connectivity index (χ1) is 19.6. The second-order valence-electron chi connectivity index (χ2n) is 11.2. The van der Waals surface area contributed by atoms with E-state index in [-0.39, 0.29) is 17.4 Å². The number of aromatic amines is 1. The first-order valence-corrected chi connectivity index (χ1v) is 13.8. The van der Waals surface area contributed by atoms with Crippen molar-refractivity contribution in [3.8, 4) is 22.5 Å². The highest BCUT2D eigenvalue weighted by molar-refractivity contribution is 5.80. The Morgan fingerprint density at radius 1 is 0.927 bits per heavy atom. The third-order valence-electron chi connectivity index (χ3n) is 7.00. The molecule has 0 atom stereocenters. The van der Waals surface area contributed by atoms with Gasteiger partial charge >= 0.3 is 5.76 Å². The molecule has 0 aliphatic carbocycles. The van der Waals surface area contributed by atoms with Crippen molar-refractivity contribution in [1.82, 2.24) is 29.8 Å². The lowest BCUT2D eigenvalue weighted by Gasteiger charge is -2.16. The molecule has 0 aliphatic rings. The maximum absolute atomic E-state index is 13.9. The Bertz CT molecular complexity index is 1770. The molecule has 0 radical (unpaired) electrons. The normalized spacial score (nSPS) is 11.7. The average molecular weight is 555 g/mol. The van der Waals surface area contributed by atoms with E-state index in [9.17, 15) is 9.59 Å². The van der Waals surface area contributed by atoms with Crippen LogP contribution in [0.2, 0.25) is 0 Å². The van der Waals surface area contributed by atoms with Gasteiger partial charge in [-0.1, -0.05) is 93.0 Å². The van der Waals surface area contributed by atoms with Crippen LogP contribution in [0.5, 0.6) is 0 Å². The number of nitrogens with one attached hydrogen (secondary N) is 1. The van der Waals surface area contributed by atoms with Crippen LogP contribution in [0.4, 0.5) is 0 Å². The van der Waals surface area contributed by atoms with Crippen molar-refractivity contribution in [1.29, 1.82) is 0 Å². The Hall–Kier alpha value is -4.60. The zero-order chi connectivity index (χ0) is 29.1. The number of H-pyrrole nitrogens is 1. The van der Waals surface area contributed by atoms with E-state index in [0.717, 1.165) is 40.9 Å². The van der Waals surface area contributed by atoms with Crippen molar-refractivity contribution in [2.75, 3.05) is 0 Å². The molecule has 1 N–H and O–H groups in total. The molecule has 0 unspecified atom stereocenters. The molecule has 0 saturated carbocycles. The Kier molecular flexibility index (Phi) is 7.83. The summed E-state index contributed by atoms with van der Waals surface area (Å²) in [7, 11) is 0. The van der Waals surface area contributed by atoms with Crippen molar-refractivity contribution in [3.05, 3.63) is 104 Å². The summed E-state index contributed by atoms with van der Waals surface area (Å²) >= 11 is 0. The van der Waals surface area contributed by atoms with E-state index in [4.69, 9.17) is 14.0 Å². The molecule has 10 nitrogen and oxygen atoms in total. The zero-order valence-corrected chi connectivity index (χ0v) is 24.0. The molecular formula is C31H34N6O4. The maximum Gasteiger partial charge on any atom is 0.439 e. The Balaban J connectivity index is 1.47. The molecule has 41 heavy (non-hydrogen) atoms. The predicted molar refractivity (Wildman–Crippen MR) is 155 cm³/mol. The standard InChI is InChI=1S/C31H34N6O4/c1-6-7-12-25-32-19(2)24(17-26-33-29(36-40-26)31(3,4)5)28(38)37(25)18-20-13-15-21(16-14-20)22-10-8-9-11-23(22)27-34-30(39)41-35-27/h8-11,13-16H,6-7,12,17-18H2,1-5H3,(H,34,35,39). The average Bonchev–Trinajstić information content (AvgIpc) is 3.61. The molecule has 0 fully saturated rings. The minimum atomic E-state index is -0.603. The quantitative estimate of drug-likeness (QED) is 0.262. The highest BCUT2D eigenvalue weighted by atomic mass is 16.5. The van der Waals surface area contributed by atoms with Gasteiger partial charge in [0.1, 0.15) is 5.82 Å². The molecule has 0 saturated heterocycles. The van der Waals surface area contributed by atoms with Gasteiger partial charge in [-0.05, 0) is 30.0 Å². The highest BCUT2D eigenvalue weighted by Gasteiger charge is 2.23. The predicted octanol–water partition coefficient (Wildman–Crippen LogP) is 5.22. The number of unbranched alkanes of at least 4 members (excludes halogenated alkanes) is 1. The van der Waals surface area contributed by atoms with Crippen LogP contribution in [0.1, 0.15) is 74.9 Å². The van der Waals surface area contributed by atoms with Crippen LogP contribution in [0.25, 0.3) is 22.5 Å². The molecule has 5 aromatic rings. The third kappa shape index (κ3) is 6.11. The number of hydrogen-bond donors (Lipinski definition) is 1. The van der Waals surface area contributed by atoms with Crippen molar-refractivity contribution < 1.29 is 9.05 Å². The van der Waals surface area contributed by atoms with Crippen LogP contribution in [-0.4, -0.2) is 29.8 Å². The summed E-state index contributed by atoms with van der Waals surface area (Å²) in [6.45, 7) is 10.4. The summed E-state index contributed by atoms with van der Waals surface area (Å²) in [6.07, 6.45) is 2.88. The largest absolute Gasteiger partial charge is 0.439 e. The van der Waals surface area contributed by atoms with Crippen molar-refractivity contribution in [2.45, 2.75) is 72.3 Å². The highest BCUT2D eigenvalue weighted by Crippen LogP contribution is 2.30. The number of aryl methyl sites for hydroxylation is 2. The molecule has 212 valence electrons. The van der Waals surface area contributed by atoms with Gasteiger partial charge in [0.25, 0.3) is 5.56 Å². The van der Waals surface area contributed by atoms with Gasteiger partial charge in [0, 0.05) is 28.7 Å². The molecule has 0 amide bonds. The first-order valence-electron chi connectivity index (χ1n) is 13.8. The topological polar surface area (TPSA) is 133 Å². The molecule has 0 bridgehead atoms. The van der Waals surface area contributed by atoms with E-state index >= 15 is 0 Å². The molecule has 2 aromatic carbocycles. The van der Waals surface area contributed by atoms with E-state index in [1.54, 1.807) is 4.57 Å². The summed E-state index contributed by atoms with van der Waals surface area (Å²) in [5.41, 5.74) is 4.46. The molecule has 10 heteroatoms. The molecule has 5 rings (SSSR count). The number of hydrogen-bond acceptors (Lipinski definition) is 8. The summed E-state index contributed by atoms with van der Waals surface area (Å²) in [5, 5.41) is 7.95. The molecular weight excluding hydrogens is 520 g/mol. The van der Waals surface area contributed by atoms with Gasteiger partial charge in [0.2, 0.25) is 5.89 Å². The van der Waals surface area contributed by atoms with Crippen LogP contribution >= 0.6 is 0 Å². The van der Waals surface area contributed by atoms with Gasteiger partial charge in [0.05, 0.1) is 13.0 Å². The fourth-order valence-corrected chi connectivity index (χ4v) is 4.69. The Morgan fingerprint density at radius 2 is 1.66 bits per heavy atom. The van der Waals surface area contributed by atoms with E-state index in [1.807, 2.05) is 76.2 Å². The van der Waals surface area contributed by atoms with E-state index in [0.29, 0.717) is 41.8 Å². The summed E-state index contributed by atoms with van der Waals surface area (Å²) in [5.74, 6) is 1.55. The summed E-state index contributed by atoms with van der Waals surface area (Å²) in [4.78, 5) is 37.4. The van der Waals surface area contributed by atoms with Gasteiger partial charge in [-0.3, -0.25) is 18.9 Å². The fraction of sp³-hybridized carbons (Fsp3) is 0.355. The van der Waals surface area contributed by atoms with Crippen LogP contribution in [0.15, 0.2) is 67.2 Å².